The Morgan fingerprint density at radius 1 is 1.16 bits per heavy atom. The molecule has 3 N–H and O–H groups in total. The van der Waals surface area contributed by atoms with Gasteiger partial charge >= 0.3 is 0 Å². The van der Waals surface area contributed by atoms with E-state index >= 15 is 0 Å². The van der Waals surface area contributed by atoms with Crippen molar-refractivity contribution in [2.24, 2.45) is 0 Å². The van der Waals surface area contributed by atoms with Gasteiger partial charge in [-0.25, -0.2) is 0 Å². The van der Waals surface area contributed by atoms with Gasteiger partial charge in [-0.1, -0.05) is 23.7 Å². The van der Waals surface area contributed by atoms with Crippen LogP contribution in [0.5, 0.6) is 0 Å². The molecule has 0 aliphatic carbocycles. The van der Waals surface area contributed by atoms with Gasteiger partial charge in [-0.05, 0) is 36.4 Å². The highest BCUT2D eigenvalue weighted by Gasteiger charge is 2.05. The Kier molecular flexibility index (Phi) is 4.71. The largest absolute Gasteiger partial charge is 0.399 e. The molecular formula is C14H13ClN2OS. The van der Waals surface area contributed by atoms with Crippen molar-refractivity contribution < 1.29 is 4.79 Å². The molecule has 98 valence electrons. The van der Waals surface area contributed by atoms with Crippen LogP contribution in [-0.4, -0.2) is 11.7 Å². The van der Waals surface area contributed by atoms with Crippen LogP contribution in [0.1, 0.15) is 0 Å². The molecule has 0 aliphatic heterocycles. The lowest BCUT2D eigenvalue weighted by Crippen LogP contribution is -2.13. The number of nitrogens with two attached hydrogens (primary N) is 1. The zero-order valence-corrected chi connectivity index (χ0v) is 11.7. The van der Waals surface area contributed by atoms with E-state index in [4.69, 9.17) is 17.3 Å². The van der Waals surface area contributed by atoms with Gasteiger partial charge in [0.05, 0.1) is 10.8 Å². The van der Waals surface area contributed by atoms with Crippen molar-refractivity contribution in [3.05, 3.63) is 53.6 Å². The number of amides is 1. The van der Waals surface area contributed by atoms with Crippen molar-refractivity contribution in [2.75, 3.05) is 16.8 Å². The third-order valence-corrected chi connectivity index (χ3v) is 3.91. The Balaban J connectivity index is 1.88. The van der Waals surface area contributed by atoms with Crippen LogP contribution in [0.4, 0.5) is 11.4 Å². The van der Waals surface area contributed by atoms with E-state index < -0.39 is 0 Å². The minimum absolute atomic E-state index is 0.0744. The van der Waals surface area contributed by atoms with Crippen LogP contribution in [-0.2, 0) is 4.79 Å². The Morgan fingerprint density at radius 3 is 2.53 bits per heavy atom. The molecule has 0 atom stereocenters. The average molecular weight is 293 g/mol. The lowest BCUT2D eigenvalue weighted by molar-refractivity contribution is -0.113. The van der Waals surface area contributed by atoms with E-state index in [1.165, 1.54) is 11.8 Å². The number of carbonyl (C=O) groups is 1. The molecule has 0 bridgehead atoms. The number of nitrogens with one attached hydrogen (secondary N) is 1. The Morgan fingerprint density at radius 2 is 1.84 bits per heavy atom. The predicted molar refractivity (Wildman–Crippen MR) is 81.7 cm³/mol. The molecule has 2 rings (SSSR count). The monoisotopic (exact) mass is 292 g/mol. The molecule has 3 nitrogen and oxygen atoms in total. The minimum Gasteiger partial charge on any atom is -0.399 e. The minimum atomic E-state index is -0.0744. The van der Waals surface area contributed by atoms with Crippen LogP contribution in [0.25, 0.3) is 0 Å². The third-order valence-electron chi connectivity index (χ3n) is 2.39. The molecule has 0 radical (unpaired) electrons. The molecule has 0 saturated heterocycles. The fraction of sp³-hybridized carbons (Fsp3) is 0.0714. The van der Waals surface area contributed by atoms with Gasteiger partial charge in [0, 0.05) is 16.3 Å². The Labute approximate surface area is 121 Å². The Hall–Kier alpha value is -1.65. The second-order valence-corrected chi connectivity index (χ2v) is 5.31. The summed E-state index contributed by atoms with van der Waals surface area (Å²) in [7, 11) is 0. The zero-order chi connectivity index (χ0) is 13.7. The summed E-state index contributed by atoms with van der Waals surface area (Å²) in [4.78, 5) is 12.7. The van der Waals surface area contributed by atoms with Crippen LogP contribution >= 0.6 is 23.4 Å². The zero-order valence-electron chi connectivity index (χ0n) is 10.1. The molecule has 0 spiro atoms. The summed E-state index contributed by atoms with van der Waals surface area (Å²) in [6, 6.07) is 14.5. The van der Waals surface area contributed by atoms with Gasteiger partial charge in [0.25, 0.3) is 0 Å². The van der Waals surface area contributed by atoms with E-state index in [0.717, 1.165) is 10.6 Å². The molecule has 19 heavy (non-hydrogen) atoms. The number of anilines is 2. The number of rotatable bonds is 4. The number of benzene rings is 2. The quantitative estimate of drug-likeness (QED) is 0.668. The summed E-state index contributed by atoms with van der Waals surface area (Å²) in [5.41, 5.74) is 6.98. The maximum Gasteiger partial charge on any atom is 0.234 e. The van der Waals surface area contributed by atoms with Crippen LogP contribution in [0, 0.1) is 0 Å². The van der Waals surface area contributed by atoms with Crippen LogP contribution in [0.2, 0.25) is 5.02 Å². The van der Waals surface area contributed by atoms with Crippen LogP contribution in [0.15, 0.2) is 53.4 Å². The summed E-state index contributed by atoms with van der Waals surface area (Å²) in [5, 5.41) is 3.46. The Bertz CT molecular complexity index is 572. The van der Waals surface area contributed by atoms with Crippen molar-refractivity contribution in [1.82, 2.24) is 0 Å². The summed E-state index contributed by atoms with van der Waals surface area (Å²) >= 11 is 7.43. The fourth-order valence-electron chi connectivity index (χ4n) is 1.47. The average Bonchev–Trinajstić information content (AvgIpc) is 2.40. The number of carbonyl (C=O) groups excluding carboxylic acids is 1. The number of thioether (sulfide) groups is 1. The molecule has 5 heteroatoms. The predicted octanol–water partition coefficient (Wildman–Crippen LogP) is 3.65. The van der Waals surface area contributed by atoms with Crippen LogP contribution < -0.4 is 11.1 Å². The molecule has 0 saturated carbocycles. The van der Waals surface area contributed by atoms with Crippen LogP contribution in [0.3, 0.4) is 0 Å². The van der Waals surface area contributed by atoms with E-state index in [9.17, 15) is 4.79 Å². The van der Waals surface area contributed by atoms with Gasteiger partial charge < -0.3 is 11.1 Å². The summed E-state index contributed by atoms with van der Waals surface area (Å²) < 4.78 is 0. The highest BCUT2D eigenvalue weighted by atomic mass is 35.5. The van der Waals surface area contributed by atoms with Gasteiger partial charge in [-0.2, -0.15) is 0 Å². The third kappa shape index (κ3) is 4.19. The molecule has 0 aliphatic rings. The van der Waals surface area contributed by atoms with Crippen molar-refractivity contribution >= 4 is 40.6 Å². The van der Waals surface area contributed by atoms with Gasteiger partial charge in [0.2, 0.25) is 5.91 Å². The van der Waals surface area contributed by atoms with E-state index in [-0.39, 0.29) is 5.91 Å². The lowest BCUT2D eigenvalue weighted by atomic mass is 10.3. The van der Waals surface area contributed by atoms with Crippen molar-refractivity contribution in [1.29, 1.82) is 0 Å². The number of halogens is 1. The second kappa shape index (κ2) is 6.50. The van der Waals surface area contributed by atoms with E-state index in [0.29, 0.717) is 16.5 Å². The topological polar surface area (TPSA) is 55.1 Å². The molecular weight excluding hydrogens is 280 g/mol. The fourth-order valence-corrected chi connectivity index (χ4v) is 2.51. The maximum absolute atomic E-state index is 11.8. The first kappa shape index (κ1) is 13.8. The van der Waals surface area contributed by atoms with E-state index in [2.05, 4.69) is 5.32 Å². The van der Waals surface area contributed by atoms with E-state index in [1.807, 2.05) is 24.3 Å². The first-order valence-electron chi connectivity index (χ1n) is 5.68. The molecule has 1 amide bonds. The smallest absolute Gasteiger partial charge is 0.234 e. The number of hydrogen-bond donors (Lipinski definition) is 2. The molecule has 2 aromatic rings. The summed E-state index contributed by atoms with van der Waals surface area (Å²) in [6.07, 6.45) is 0. The second-order valence-electron chi connectivity index (χ2n) is 3.89. The van der Waals surface area contributed by atoms with Crippen molar-refractivity contribution in [2.45, 2.75) is 4.90 Å². The molecule has 0 heterocycles. The van der Waals surface area contributed by atoms with Gasteiger partial charge in [0.1, 0.15) is 0 Å². The number of hydrogen-bond acceptors (Lipinski definition) is 3. The lowest BCUT2D eigenvalue weighted by Gasteiger charge is -2.06. The highest BCUT2D eigenvalue weighted by molar-refractivity contribution is 8.00. The molecule has 0 fully saturated rings. The van der Waals surface area contributed by atoms with Gasteiger partial charge in [-0.3, -0.25) is 4.79 Å². The normalized spacial score (nSPS) is 10.2. The summed E-state index contributed by atoms with van der Waals surface area (Å²) in [5.74, 6) is 0.239. The first-order valence-corrected chi connectivity index (χ1v) is 7.04. The molecule has 0 unspecified atom stereocenters. The van der Waals surface area contributed by atoms with Crippen molar-refractivity contribution in [3.8, 4) is 0 Å². The van der Waals surface area contributed by atoms with E-state index in [1.54, 1.807) is 24.3 Å². The maximum atomic E-state index is 11.8. The number of nitrogen functional groups attached to an aromatic ring is 1. The van der Waals surface area contributed by atoms with Gasteiger partial charge in [0.15, 0.2) is 0 Å². The first-order chi connectivity index (χ1) is 9.15. The van der Waals surface area contributed by atoms with Gasteiger partial charge in [-0.15, -0.1) is 11.8 Å². The standard InChI is InChI=1S/C14H13ClN2OS/c15-12-3-1-2-4-13(12)19-9-14(18)17-11-7-5-10(16)6-8-11/h1-8H,9,16H2,(H,17,18). The molecule has 0 aromatic heterocycles. The van der Waals surface area contributed by atoms with Crippen molar-refractivity contribution in [3.63, 3.8) is 0 Å². The molecule has 2 aromatic carbocycles. The highest BCUT2D eigenvalue weighted by Crippen LogP contribution is 2.26. The SMILES string of the molecule is Nc1ccc(NC(=O)CSc2ccccc2Cl)cc1. The summed E-state index contributed by atoms with van der Waals surface area (Å²) in [6.45, 7) is 0.